The van der Waals surface area contributed by atoms with Crippen LogP contribution in [0.25, 0.3) is 11.3 Å². The van der Waals surface area contributed by atoms with E-state index in [0.717, 1.165) is 0 Å². The smallest absolute Gasteiger partial charge is 0.284 e. The summed E-state index contributed by atoms with van der Waals surface area (Å²) in [4.78, 5) is 22.5. The molecule has 1 amide bonds. The fraction of sp³-hybridized carbons (Fsp3) is 0.100. The third kappa shape index (κ3) is 4.11. The van der Waals surface area contributed by atoms with E-state index in [9.17, 15) is 14.9 Å². The fourth-order valence-corrected chi connectivity index (χ4v) is 3.03. The van der Waals surface area contributed by atoms with Gasteiger partial charge in [0, 0.05) is 17.7 Å². The van der Waals surface area contributed by atoms with E-state index in [1.54, 1.807) is 30.3 Å². The number of para-hydroxylation sites is 2. The van der Waals surface area contributed by atoms with Gasteiger partial charge >= 0.3 is 0 Å². The Labute approximate surface area is 175 Å². The van der Waals surface area contributed by atoms with Crippen LogP contribution in [0.3, 0.4) is 0 Å². The first kappa shape index (κ1) is 19.5. The second-order valence-corrected chi connectivity index (χ2v) is 6.63. The van der Waals surface area contributed by atoms with Crippen molar-refractivity contribution in [1.82, 2.24) is 5.43 Å². The van der Waals surface area contributed by atoms with Crippen LogP contribution in [-0.4, -0.2) is 29.8 Å². The maximum atomic E-state index is 12.2. The molecule has 0 fully saturated rings. The van der Waals surface area contributed by atoms with E-state index in [0.29, 0.717) is 28.6 Å². The van der Waals surface area contributed by atoms with Crippen molar-refractivity contribution in [2.24, 2.45) is 5.10 Å². The Hall–Kier alpha value is -3.85. The van der Waals surface area contributed by atoms with E-state index in [1.165, 1.54) is 24.4 Å². The number of benzene rings is 2. The first-order chi connectivity index (χ1) is 14.5. The third-order valence-corrected chi connectivity index (χ3v) is 4.54. The van der Waals surface area contributed by atoms with E-state index in [-0.39, 0.29) is 17.3 Å². The SMILES string of the molecule is O=C(N/N=C/c1ccc(-c2ccc([N+](=O)[O-])cc2Cl)o1)[C@H]1COc2ccccc2O1. The van der Waals surface area contributed by atoms with Gasteiger partial charge in [-0.15, -0.1) is 0 Å². The topological polar surface area (TPSA) is 116 Å². The molecule has 1 atom stereocenters. The minimum Gasteiger partial charge on any atom is -0.485 e. The number of nitro benzene ring substituents is 1. The van der Waals surface area contributed by atoms with Gasteiger partial charge in [-0.05, 0) is 30.3 Å². The molecule has 9 nitrogen and oxygen atoms in total. The van der Waals surface area contributed by atoms with Crippen LogP contribution in [0.1, 0.15) is 5.76 Å². The zero-order valence-corrected chi connectivity index (χ0v) is 16.0. The van der Waals surface area contributed by atoms with E-state index in [2.05, 4.69) is 10.5 Å². The maximum absolute atomic E-state index is 12.2. The zero-order valence-electron chi connectivity index (χ0n) is 15.3. The number of nitrogens with one attached hydrogen (secondary N) is 1. The number of nitrogens with zero attached hydrogens (tertiary/aromatic N) is 2. The van der Waals surface area contributed by atoms with Crippen LogP contribution >= 0.6 is 11.6 Å². The average Bonchev–Trinajstić information content (AvgIpc) is 3.21. The van der Waals surface area contributed by atoms with Gasteiger partial charge in [0.15, 0.2) is 11.5 Å². The third-order valence-electron chi connectivity index (χ3n) is 4.22. The van der Waals surface area contributed by atoms with Gasteiger partial charge in [-0.3, -0.25) is 14.9 Å². The van der Waals surface area contributed by atoms with Gasteiger partial charge in [0.1, 0.15) is 18.1 Å². The first-order valence-electron chi connectivity index (χ1n) is 8.77. The van der Waals surface area contributed by atoms with Gasteiger partial charge in [-0.25, -0.2) is 5.43 Å². The predicted octanol–water partition coefficient (Wildman–Crippen LogP) is 3.80. The highest BCUT2D eigenvalue weighted by molar-refractivity contribution is 6.33. The number of hydrogen-bond acceptors (Lipinski definition) is 7. The first-order valence-corrected chi connectivity index (χ1v) is 9.14. The zero-order chi connectivity index (χ0) is 21.1. The fourth-order valence-electron chi connectivity index (χ4n) is 2.76. The molecule has 0 spiro atoms. The van der Waals surface area contributed by atoms with Crippen molar-refractivity contribution in [3.05, 3.63) is 75.5 Å². The lowest BCUT2D eigenvalue weighted by Crippen LogP contribution is -2.42. The molecule has 0 aliphatic carbocycles. The molecule has 0 unspecified atom stereocenters. The quantitative estimate of drug-likeness (QED) is 0.376. The molecule has 1 N–H and O–H groups in total. The molecule has 10 heteroatoms. The Balaban J connectivity index is 1.38. The van der Waals surface area contributed by atoms with Crippen LogP contribution in [-0.2, 0) is 4.79 Å². The molecule has 1 aliphatic rings. The average molecular weight is 428 g/mol. The van der Waals surface area contributed by atoms with Crippen LogP contribution in [0.5, 0.6) is 11.5 Å². The number of carbonyl (C=O) groups is 1. The lowest BCUT2D eigenvalue weighted by Gasteiger charge is -2.24. The number of fused-ring (bicyclic) bond motifs is 1. The van der Waals surface area contributed by atoms with Crippen molar-refractivity contribution in [2.75, 3.05) is 6.61 Å². The molecule has 4 rings (SSSR count). The van der Waals surface area contributed by atoms with Crippen molar-refractivity contribution >= 4 is 29.4 Å². The van der Waals surface area contributed by atoms with Gasteiger partial charge < -0.3 is 13.9 Å². The lowest BCUT2D eigenvalue weighted by atomic mass is 10.1. The summed E-state index contributed by atoms with van der Waals surface area (Å²) in [6.45, 7) is 0.0713. The standard InChI is InChI=1S/C20H14ClN3O6/c21-15-9-12(24(26)27)5-7-14(15)16-8-6-13(29-16)10-22-23-20(25)19-11-28-17-3-1-2-4-18(17)30-19/h1-10,19H,11H2,(H,23,25)/b22-10+/t19-/m1/s1. The van der Waals surface area contributed by atoms with E-state index in [1.807, 2.05) is 6.07 Å². The van der Waals surface area contributed by atoms with Crippen LogP contribution in [0.4, 0.5) is 5.69 Å². The lowest BCUT2D eigenvalue weighted by molar-refractivity contribution is -0.384. The Morgan fingerprint density at radius 1 is 1.20 bits per heavy atom. The number of non-ortho nitro benzene ring substituents is 1. The summed E-state index contributed by atoms with van der Waals surface area (Å²) < 4.78 is 16.7. The molecule has 3 aromatic rings. The summed E-state index contributed by atoms with van der Waals surface area (Å²) >= 11 is 6.10. The highest BCUT2D eigenvalue weighted by Gasteiger charge is 2.27. The van der Waals surface area contributed by atoms with Gasteiger partial charge in [-0.2, -0.15) is 5.10 Å². The normalized spacial score (nSPS) is 15.2. The summed E-state index contributed by atoms with van der Waals surface area (Å²) in [5.41, 5.74) is 2.76. The van der Waals surface area contributed by atoms with E-state index >= 15 is 0 Å². The van der Waals surface area contributed by atoms with Crippen LogP contribution in [0.2, 0.25) is 5.02 Å². The van der Waals surface area contributed by atoms with Crippen molar-refractivity contribution in [3.63, 3.8) is 0 Å². The molecule has 0 saturated heterocycles. The second kappa shape index (κ2) is 8.26. The molecule has 1 aliphatic heterocycles. The molecule has 2 heterocycles. The highest BCUT2D eigenvalue weighted by atomic mass is 35.5. The number of hydrogen-bond donors (Lipinski definition) is 1. The molecule has 30 heavy (non-hydrogen) atoms. The van der Waals surface area contributed by atoms with Gasteiger partial charge in [0.25, 0.3) is 11.6 Å². The number of rotatable bonds is 5. The monoisotopic (exact) mass is 427 g/mol. The van der Waals surface area contributed by atoms with Gasteiger partial charge in [0.2, 0.25) is 6.10 Å². The summed E-state index contributed by atoms with van der Waals surface area (Å²) in [5.74, 6) is 1.36. The molecular formula is C20H14ClN3O6. The number of furan rings is 1. The van der Waals surface area contributed by atoms with Crippen molar-refractivity contribution < 1.29 is 23.6 Å². The molecule has 2 aromatic carbocycles. The summed E-state index contributed by atoms with van der Waals surface area (Å²) in [5, 5.41) is 14.9. The minimum atomic E-state index is -0.830. The van der Waals surface area contributed by atoms with Crippen LogP contribution < -0.4 is 14.9 Å². The van der Waals surface area contributed by atoms with Crippen LogP contribution in [0, 0.1) is 10.1 Å². The Morgan fingerprint density at radius 3 is 2.77 bits per heavy atom. The summed E-state index contributed by atoms with van der Waals surface area (Å²) in [6.07, 6.45) is 0.487. The summed E-state index contributed by atoms with van der Waals surface area (Å²) in [6, 6.07) is 14.4. The molecule has 1 aromatic heterocycles. The largest absolute Gasteiger partial charge is 0.485 e. The van der Waals surface area contributed by atoms with Crippen molar-refractivity contribution in [1.29, 1.82) is 0 Å². The number of nitro groups is 1. The highest BCUT2D eigenvalue weighted by Crippen LogP contribution is 2.32. The Bertz CT molecular complexity index is 1140. The molecule has 0 saturated carbocycles. The molecule has 0 bridgehead atoms. The maximum Gasteiger partial charge on any atom is 0.284 e. The molecule has 152 valence electrons. The minimum absolute atomic E-state index is 0.0713. The number of ether oxygens (including phenoxy) is 2. The van der Waals surface area contributed by atoms with Crippen molar-refractivity contribution in [2.45, 2.75) is 6.10 Å². The number of halogens is 1. The number of amides is 1. The number of hydrazone groups is 1. The summed E-state index contributed by atoms with van der Waals surface area (Å²) in [7, 11) is 0. The van der Waals surface area contributed by atoms with E-state index in [4.69, 9.17) is 25.5 Å². The molecular weight excluding hydrogens is 414 g/mol. The van der Waals surface area contributed by atoms with Crippen LogP contribution in [0.15, 0.2) is 64.1 Å². The van der Waals surface area contributed by atoms with Gasteiger partial charge in [0.05, 0.1) is 16.2 Å². The predicted molar refractivity (Wildman–Crippen MR) is 108 cm³/mol. The van der Waals surface area contributed by atoms with Gasteiger partial charge in [-0.1, -0.05) is 23.7 Å². The molecule has 0 radical (unpaired) electrons. The second-order valence-electron chi connectivity index (χ2n) is 6.22. The van der Waals surface area contributed by atoms with Crippen molar-refractivity contribution in [3.8, 4) is 22.8 Å². The number of carbonyl (C=O) groups excluding carboxylic acids is 1. The Morgan fingerprint density at radius 2 is 2.00 bits per heavy atom. The van der Waals surface area contributed by atoms with E-state index < -0.39 is 16.9 Å². The Kier molecular flexibility index (Phi) is 5.36.